The van der Waals surface area contributed by atoms with E-state index in [0.717, 1.165) is 36.2 Å². The lowest BCUT2D eigenvalue weighted by atomic mass is 9.92. The molecule has 46 heavy (non-hydrogen) atoms. The van der Waals surface area contributed by atoms with Gasteiger partial charge >= 0.3 is 0 Å². The fourth-order valence-corrected chi connectivity index (χ4v) is 5.56. The van der Waals surface area contributed by atoms with Gasteiger partial charge in [-0.1, -0.05) is 13.0 Å². The van der Waals surface area contributed by atoms with Crippen LogP contribution in [0.25, 0.3) is 22.6 Å². The number of hydrogen-bond donors (Lipinski definition) is 3. The van der Waals surface area contributed by atoms with Gasteiger partial charge in [-0.3, -0.25) is 0 Å². The molecule has 0 amide bonds. The highest BCUT2D eigenvalue weighted by Gasteiger charge is 2.35. The lowest BCUT2D eigenvalue weighted by Crippen LogP contribution is -2.44. The Morgan fingerprint density at radius 3 is 2.52 bits per heavy atom. The van der Waals surface area contributed by atoms with Crippen LogP contribution in [0.1, 0.15) is 25.3 Å². The third kappa shape index (κ3) is 7.94. The van der Waals surface area contributed by atoms with Crippen molar-refractivity contribution >= 4 is 5.95 Å². The molecular formula is C32H37F3N10O. The summed E-state index contributed by atoms with van der Waals surface area (Å²) in [5.41, 5.74) is 6.95. The molecule has 0 saturated heterocycles. The van der Waals surface area contributed by atoms with Crippen LogP contribution in [-0.2, 0) is 18.7 Å². The predicted octanol–water partition coefficient (Wildman–Crippen LogP) is 3.88. The van der Waals surface area contributed by atoms with E-state index in [1.165, 1.54) is 35.5 Å². The zero-order valence-corrected chi connectivity index (χ0v) is 25.7. The van der Waals surface area contributed by atoms with Gasteiger partial charge in [0.1, 0.15) is 35.7 Å². The minimum absolute atomic E-state index is 0.0111. The van der Waals surface area contributed by atoms with E-state index in [1.807, 2.05) is 16.5 Å². The average molecular weight is 635 g/mol. The summed E-state index contributed by atoms with van der Waals surface area (Å²) in [4.78, 5) is 18.9. The standard InChI is InChI=1S/C32H37F3N10O/c1-3-25(11-14-43(2)17-32(46,18-45-20-37-19-41-45)26-9-8-24(34)16-27(26)35)38-13-15-44-21-40-29(22-4-6-23(33)7-5-22)30(44)28-10-12-39-31(36)42-28/h4-10,12,16,19-21,25,38,46H,3,11,13-15,17-18H2,1-2H3,(H2,36,39,42). The number of halogens is 3. The predicted molar refractivity (Wildman–Crippen MR) is 168 cm³/mol. The number of anilines is 1. The number of likely N-dealkylation sites (N-methyl/N-ethyl adjacent to an activating group) is 1. The number of hydrogen-bond acceptors (Lipinski definition) is 9. The van der Waals surface area contributed by atoms with Gasteiger partial charge in [-0.25, -0.2) is 37.8 Å². The van der Waals surface area contributed by atoms with Crippen molar-refractivity contribution in [2.45, 2.75) is 44.5 Å². The van der Waals surface area contributed by atoms with Crippen molar-refractivity contribution in [3.05, 3.63) is 96.7 Å². The maximum atomic E-state index is 14.8. The van der Waals surface area contributed by atoms with Gasteiger partial charge in [0.25, 0.3) is 0 Å². The summed E-state index contributed by atoms with van der Waals surface area (Å²) < 4.78 is 45.5. The minimum atomic E-state index is -1.68. The molecule has 0 fully saturated rings. The molecule has 5 aromatic rings. The molecule has 5 rings (SSSR count). The minimum Gasteiger partial charge on any atom is -0.382 e. The summed E-state index contributed by atoms with van der Waals surface area (Å²) >= 11 is 0. The summed E-state index contributed by atoms with van der Waals surface area (Å²) in [5, 5.41) is 19.3. The summed E-state index contributed by atoms with van der Waals surface area (Å²) in [6, 6.07) is 11.2. The van der Waals surface area contributed by atoms with Gasteiger partial charge in [0.2, 0.25) is 5.95 Å². The van der Waals surface area contributed by atoms with Crippen molar-refractivity contribution in [2.75, 3.05) is 32.4 Å². The zero-order valence-electron chi connectivity index (χ0n) is 25.7. The number of rotatable bonds is 15. The lowest BCUT2D eigenvalue weighted by molar-refractivity contribution is -0.0164. The molecule has 2 atom stereocenters. The van der Waals surface area contributed by atoms with Gasteiger partial charge in [-0.15, -0.1) is 0 Å². The summed E-state index contributed by atoms with van der Waals surface area (Å²) in [5.74, 6) is -1.74. The van der Waals surface area contributed by atoms with Crippen molar-refractivity contribution in [3.63, 3.8) is 0 Å². The first kappa shape index (κ1) is 32.7. The van der Waals surface area contributed by atoms with Gasteiger partial charge in [0.05, 0.1) is 30.0 Å². The Labute approximate surface area is 265 Å². The molecule has 2 aromatic carbocycles. The largest absolute Gasteiger partial charge is 0.382 e. The van der Waals surface area contributed by atoms with E-state index < -0.39 is 17.2 Å². The van der Waals surface area contributed by atoms with Crippen LogP contribution in [-0.4, -0.2) is 77.0 Å². The van der Waals surface area contributed by atoms with Crippen LogP contribution in [0.3, 0.4) is 0 Å². The van der Waals surface area contributed by atoms with Crippen LogP contribution in [0.15, 0.2) is 73.7 Å². The van der Waals surface area contributed by atoms with Gasteiger partial charge in [0.15, 0.2) is 0 Å². The van der Waals surface area contributed by atoms with E-state index in [2.05, 4.69) is 37.3 Å². The molecule has 0 radical (unpaired) electrons. The molecule has 0 bridgehead atoms. The van der Waals surface area contributed by atoms with Crippen LogP contribution in [0.5, 0.6) is 0 Å². The highest BCUT2D eigenvalue weighted by molar-refractivity contribution is 5.77. The van der Waals surface area contributed by atoms with E-state index in [9.17, 15) is 18.3 Å². The third-order valence-electron chi connectivity index (χ3n) is 7.86. The molecule has 0 aliphatic rings. The number of nitrogen functional groups attached to an aromatic ring is 1. The molecule has 3 heterocycles. The molecule has 0 aliphatic heterocycles. The summed E-state index contributed by atoms with van der Waals surface area (Å²) in [6.45, 7) is 3.90. The smallest absolute Gasteiger partial charge is 0.220 e. The monoisotopic (exact) mass is 634 g/mol. The van der Waals surface area contributed by atoms with Crippen LogP contribution < -0.4 is 11.1 Å². The fraction of sp³-hybridized carbons (Fsp3) is 0.344. The number of aromatic nitrogens is 7. The molecule has 3 aromatic heterocycles. The van der Waals surface area contributed by atoms with Crippen LogP contribution >= 0.6 is 0 Å². The van der Waals surface area contributed by atoms with E-state index >= 15 is 0 Å². The Morgan fingerprint density at radius 2 is 1.83 bits per heavy atom. The molecular weight excluding hydrogens is 597 g/mol. The first-order chi connectivity index (χ1) is 22.1. The summed E-state index contributed by atoms with van der Waals surface area (Å²) in [6.07, 6.45) is 7.69. The Hall–Kier alpha value is -4.66. The van der Waals surface area contributed by atoms with Crippen molar-refractivity contribution in [1.82, 2.24) is 44.5 Å². The zero-order chi connectivity index (χ0) is 32.7. The van der Waals surface area contributed by atoms with E-state index in [1.54, 1.807) is 30.7 Å². The van der Waals surface area contributed by atoms with Crippen LogP contribution in [0, 0.1) is 17.5 Å². The van der Waals surface area contributed by atoms with Gasteiger partial charge in [-0.05, 0) is 62.8 Å². The Morgan fingerprint density at radius 1 is 1.04 bits per heavy atom. The molecule has 4 N–H and O–H groups in total. The third-order valence-corrected chi connectivity index (χ3v) is 7.86. The van der Waals surface area contributed by atoms with E-state index in [-0.39, 0.29) is 36.5 Å². The second-order valence-corrected chi connectivity index (χ2v) is 11.3. The Balaban J connectivity index is 1.23. The van der Waals surface area contributed by atoms with Crippen molar-refractivity contribution in [3.8, 4) is 22.6 Å². The lowest BCUT2D eigenvalue weighted by Gasteiger charge is -2.33. The van der Waals surface area contributed by atoms with Crippen LogP contribution in [0.4, 0.5) is 19.1 Å². The fourth-order valence-electron chi connectivity index (χ4n) is 5.56. The van der Waals surface area contributed by atoms with Crippen LogP contribution in [0.2, 0.25) is 0 Å². The van der Waals surface area contributed by atoms with Crippen molar-refractivity contribution < 1.29 is 18.3 Å². The second-order valence-electron chi connectivity index (χ2n) is 11.3. The van der Waals surface area contributed by atoms with Crippen molar-refractivity contribution in [2.24, 2.45) is 0 Å². The maximum Gasteiger partial charge on any atom is 0.220 e. The van der Waals surface area contributed by atoms with Gasteiger partial charge in [-0.2, -0.15) is 5.10 Å². The van der Waals surface area contributed by atoms with Gasteiger partial charge in [0, 0.05) is 49.1 Å². The number of imidazole rings is 1. The molecule has 0 saturated carbocycles. The average Bonchev–Trinajstić information content (AvgIpc) is 3.69. The highest BCUT2D eigenvalue weighted by Crippen LogP contribution is 2.31. The number of nitrogens with one attached hydrogen (secondary N) is 1. The molecule has 0 aliphatic carbocycles. The first-order valence-corrected chi connectivity index (χ1v) is 15.0. The number of benzene rings is 2. The topological polar surface area (TPSA) is 136 Å². The Bertz CT molecular complexity index is 1710. The number of nitrogens with zero attached hydrogens (tertiary/aromatic N) is 8. The second kappa shape index (κ2) is 14.6. The normalized spacial score (nSPS) is 13.6. The molecule has 242 valence electrons. The number of nitrogens with two attached hydrogens (primary N) is 1. The van der Waals surface area contributed by atoms with Crippen molar-refractivity contribution in [1.29, 1.82) is 0 Å². The summed E-state index contributed by atoms with van der Waals surface area (Å²) in [7, 11) is 1.85. The van der Waals surface area contributed by atoms with E-state index in [4.69, 9.17) is 5.73 Å². The molecule has 0 spiro atoms. The highest BCUT2D eigenvalue weighted by atomic mass is 19.1. The molecule has 14 heteroatoms. The van der Waals surface area contributed by atoms with E-state index in [0.29, 0.717) is 31.0 Å². The molecule has 2 unspecified atom stereocenters. The van der Waals surface area contributed by atoms with Gasteiger partial charge < -0.3 is 25.6 Å². The quantitative estimate of drug-likeness (QED) is 0.157. The molecule has 11 nitrogen and oxygen atoms in total. The Kier molecular flexibility index (Phi) is 10.4. The first-order valence-electron chi connectivity index (χ1n) is 15.0. The maximum absolute atomic E-state index is 14.8. The SMILES string of the molecule is CCC(CCN(C)CC(O)(Cn1cncn1)c1ccc(F)cc1F)NCCn1cnc(-c2ccc(F)cc2)c1-c1ccnc(N)n1. The number of aliphatic hydroxyl groups is 1.